The van der Waals surface area contributed by atoms with E-state index in [1.807, 2.05) is 62.1 Å². The standard InChI is InChI=1S/C32H37FN4O3/c1-4-27(24-8-6-5-7-9-24)32(40)37-18-16-36(17-19-37)29-15-14-26(35-30(38)22(2)3)20-28(29)31(39)34-21-23-10-12-25(33)13-11-23/h5-15,20,22,27H,4,16-19,21H2,1-3H3,(H,34,39)(H,35,38)/t27-/m1/s1. The number of nitrogens with one attached hydrogen (secondary N) is 2. The van der Waals surface area contributed by atoms with E-state index in [2.05, 4.69) is 15.5 Å². The Balaban J connectivity index is 1.50. The van der Waals surface area contributed by atoms with Crippen LogP contribution in [0.15, 0.2) is 72.8 Å². The lowest BCUT2D eigenvalue weighted by atomic mass is 9.94. The number of amides is 3. The molecule has 0 radical (unpaired) electrons. The van der Waals surface area contributed by atoms with Crippen molar-refractivity contribution < 1.29 is 18.8 Å². The van der Waals surface area contributed by atoms with E-state index in [1.54, 1.807) is 24.3 Å². The topological polar surface area (TPSA) is 81.8 Å². The van der Waals surface area contributed by atoms with Gasteiger partial charge in [0.15, 0.2) is 0 Å². The summed E-state index contributed by atoms with van der Waals surface area (Å²) in [4.78, 5) is 43.1. The second-order valence-electron chi connectivity index (χ2n) is 10.4. The summed E-state index contributed by atoms with van der Waals surface area (Å²) in [5.74, 6) is -1.03. The van der Waals surface area contributed by atoms with Crippen molar-refractivity contribution in [2.45, 2.75) is 39.7 Å². The lowest BCUT2D eigenvalue weighted by molar-refractivity contribution is -0.133. The largest absolute Gasteiger partial charge is 0.367 e. The Kier molecular flexibility index (Phi) is 9.53. The lowest BCUT2D eigenvalue weighted by Gasteiger charge is -2.38. The summed E-state index contributed by atoms with van der Waals surface area (Å²) in [6.45, 7) is 8.13. The highest BCUT2D eigenvalue weighted by Crippen LogP contribution is 2.28. The van der Waals surface area contributed by atoms with Crippen LogP contribution in [-0.4, -0.2) is 48.8 Å². The Hall–Kier alpha value is -4.20. The molecule has 0 spiro atoms. The second-order valence-corrected chi connectivity index (χ2v) is 10.4. The molecule has 1 aliphatic heterocycles. The predicted octanol–water partition coefficient (Wildman–Crippen LogP) is 5.19. The van der Waals surface area contributed by atoms with Gasteiger partial charge in [-0.2, -0.15) is 0 Å². The van der Waals surface area contributed by atoms with Crippen molar-refractivity contribution >= 4 is 29.1 Å². The molecule has 2 N–H and O–H groups in total. The van der Waals surface area contributed by atoms with Crippen molar-refractivity contribution in [1.29, 1.82) is 0 Å². The van der Waals surface area contributed by atoms with E-state index in [9.17, 15) is 18.8 Å². The number of piperazine rings is 1. The van der Waals surface area contributed by atoms with Crippen LogP contribution in [0.2, 0.25) is 0 Å². The summed E-state index contributed by atoms with van der Waals surface area (Å²) < 4.78 is 13.3. The fourth-order valence-corrected chi connectivity index (χ4v) is 4.86. The number of hydrogen-bond acceptors (Lipinski definition) is 4. The third-order valence-corrected chi connectivity index (χ3v) is 7.24. The van der Waals surface area contributed by atoms with E-state index >= 15 is 0 Å². The van der Waals surface area contributed by atoms with Gasteiger partial charge in [0.05, 0.1) is 11.5 Å². The summed E-state index contributed by atoms with van der Waals surface area (Å²) in [6.07, 6.45) is 0.727. The first-order valence-corrected chi connectivity index (χ1v) is 13.8. The van der Waals surface area contributed by atoms with Crippen LogP contribution in [0.1, 0.15) is 54.6 Å². The van der Waals surface area contributed by atoms with Crippen LogP contribution in [-0.2, 0) is 16.1 Å². The molecule has 1 heterocycles. The Morgan fingerprint density at radius 3 is 2.20 bits per heavy atom. The number of hydrogen-bond donors (Lipinski definition) is 2. The van der Waals surface area contributed by atoms with Gasteiger partial charge in [-0.3, -0.25) is 14.4 Å². The maximum atomic E-state index is 13.4. The molecule has 7 nitrogen and oxygen atoms in total. The van der Waals surface area contributed by atoms with Crippen LogP contribution < -0.4 is 15.5 Å². The van der Waals surface area contributed by atoms with Gasteiger partial charge in [0.25, 0.3) is 5.91 Å². The third-order valence-electron chi connectivity index (χ3n) is 7.24. The minimum absolute atomic E-state index is 0.123. The van der Waals surface area contributed by atoms with Crippen molar-refractivity contribution in [3.05, 3.63) is 95.3 Å². The molecule has 0 unspecified atom stereocenters. The average molecular weight is 545 g/mol. The first-order chi connectivity index (χ1) is 19.3. The Labute approximate surface area is 235 Å². The van der Waals surface area contributed by atoms with Gasteiger partial charge < -0.3 is 20.4 Å². The molecule has 0 aromatic heterocycles. The van der Waals surface area contributed by atoms with Crippen molar-refractivity contribution in [2.24, 2.45) is 5.92 Å². The van der Waals surface area contributed by atoms with Gasteiger partial charge in [0.2, 0.25) is 11.8 Å². The van der Waals surface area contributed by atoms with Gasteiger partial charge in [-0.1, -0.05) is 63.2 Å². The summed E-state index contributed by atoms with van der Waals surface area (Å²) in [6, 6.07) is 21.2. The molecule has 40 heavy (non-hydrogen) atoms. The van der Waals surface area contributed by atoms with E-state index in [4.69, 9.17) is 0 Å². The molecule has 8 heteroatoms. The number of rotatable bonds is 9. The van der Waals surface area contributed by atoms with Crippen LogP contribution in [0, 0.1) is 11.7 Å². The zero-order valence-corrected chi connectivity index (χ0v) is 23.3. The van der Waals surface area contributed by atoms with E-state index in [0.29, 0.717) is 37.4 Å². The molecule has 4 rings (SSSR count). The number of anilines is 2. The summed E-state index contributed by atoms with van der Waals surface area (Å²) in [5.41, 5.74) is 3.51. The lowest BCUT2D eigenvalue weighted by Crippen LogP contribution is -2.50. The maximum Gasteiger partial charge on any atom is 0.253 e. The van der Waals surface area contributed by atoms with Crippen LogP contribution in [0.25, 0.3) is 0 Å². The van der Waals surface area contributed by atoms with Gasteiger partial charge in [-0.15, -0.1) is 0 Å². The molecule has 3 aromatic carbocycles. The van der Waals surface area contributed by atoms with Crippen molar-refractivity contribution in [1.82, 2.24) is 10.2 Å². The molecule has 1 saturated heterocycles. The number of carbonyl (C=O) groups excluding carboxylic acids is 3. The third kappa shape index (κ3) is 7.05. The molecular weight excluding hydrogens is 507 g/mol. The highest BCUT2D eigenvalue weighted by molar-refractivity contribution is 6.02. The average Bonchev–Trinajstić information content (AvgIpc) is 2.97. The van der Waals surface area contributed by atoms with E-state index in [1.165, 1.54) is 12.1 Å². The number of carbonyl (C=O) groups is 3. The molecule has 1 fully saturated rings. The van der Waals surface area contributed by atoms with Gasteiger partial charge >= 0.3 is 0 Å². The zero-order chi connectivity index (χ0) is 28.6. The molecule has 0 aliphatic carbocycles. The SMILES string of the molecule is CC[C@@H](C(=O)N1CCN(c2ccc(NC(=O)C(C)C)cc2C(=O)NCc2ccc(F)cc2)CC1)c1ccccc1. The molecule has 1 aliphatic rings. The molecule has 0 saturated carbocycles. The minimum atomic E-state index is -0.336. The molecule has 3 aromatic rings. The van der Waals surface area contributed by atoms with Crippen LogP contribution >= 0.6 is 0 Å². The normalized spacial score (nSPS) is 14.1. The minimum Gasteiger partial charge on any atom is -0.367 e. The first-order valence-electron chi connectivity index (χ1n) is 13.8. The summed E-state index contributed by atoms with van der Waals surface area (Å²) in [5, 5.41) is 5.79. The highest BCUT2D eigenvalue weighted by atomic mass is 19.1. The van der Waals surface area contributed by atoms with Crippen LogP contribution in [0.4, 0.5) is 15.8 Å². The van der Waals surface area contributed by atoms with Gasteiger partial charge in [-0.25, -0.2) is 4.39 Å². The van der Waals surface area contributed by atoms with E-state index < -0.39 is 0 Å². The molecule has 210 valence electrons. The summed E-state index contributed by atoms with van der Waals surface area (Å²) in [7, 11) is 0. The Morgan fingerprint density at radius 1 is 0.900 bits per heavy atom. The fraction of sp³-hybridized carbons (Fsp3) is 0.344. The molecular formula is C32H37FN4O3. The van der Waals surface area contributed by atoms with Gasteiger partial charge in [-0.05, 0) is 47.9 Å². The Morgan fingerprint density at radius 2 is 1.57 bits per heavy atom. The van der Waals surface area contributed by atoms with E-state index in [-0.39, 0.29) is 41.9 Å². The Bertz CT molecular complexity index is 1320. The zero-order valence-electron chi connectivity index (χ0n) is 23.3. The number of nitrogens with zero attached hydrogens (tertiary/aromatic N) is 2. The smallest absolute Gasteiger partial charge is 0.253 e. The predicted molar refractivity (Wildman–Crippen MR) is 156 cm³/mol. The second kappa shape index (κ2) is 13.2. The van der Waals surface area contributed by atoms with Gasteiger partial charge in [0, 0.05) is 50.0 Å². The monoisotopic (exact) mass is 544 g/mol. The van der Waals surface area contributed by atoms with Crippen LogP contribution in [0.5, 0.6) is 0 Å². The van der Waals surface area contributed by atoms with Crippen molar-refractivity contribution in [2.75, 3.05) is 36.4 Å². The number of halogens is 1. The van der Waals surface area contributed by atoms with Crippen molar-refractivity contribution in [3.63, 3.8) is 0 Å². The molecule has 3 amide bonds. The van der Waals surface area contributed by atoms with Crippen LogP contribution in [0.3, 0.4) is 0 Å². The highest BCUT2D eigenvalue weighted by Gasteiger charge is 2.29. The van der Waals surface area contributed by atoms with E-state index in [0.717, 1.165) is 23.2 Å². The first kappa shape index (κ1) is 28.8. The fourth-order valence-electron chi connectivity index (χ4n) is 4.86. The molecule has 1 atom stereocenters. The summed E-state index contributed by atoms with van der Waals surface area (Å²) >= 11 is 0. The number of benzene rings is 3. The van der Waals surface area contributed by atoms with Gasteiger partial charge in [0.1, 0.15) is 5.82 Å². The molecule has 0 bridgehead atoms. The maximum absolute atomic E-state index is 13.4. The van der Waals surface area contributed by atoms with Crippen molar-refractivity contribution in [3.8, 4) is 0 Å². The quantitative estimate of drug-likeness (QED) is 0.388.